The van der Waals surface area contributed by atoms with Crippen LogP contribution < -0.4 is 0 Å². The molecular weight excluding hydrogens is 855 g/mol. The van der Waals surface area contributed by atoms with Gasteiger partial charge < -0.3 is 9.13 Å². The highest BCUT2D eigenvalue weighted by Gasteiger charge is 2.26. The van der Waals surface area contributed by atoms with Crippen LogP contribution in [0.15, 0.2) is 236 Å². The van der Waals surface area contributed by atoms with E-state index >= 15 is 0 Å². The smallest absolute Gasteiger partial charge is 0.240 e. The molecule has 0 fully saturated rings. The van der Waals surface area contributed by atoms with Crippen LogP contribution in [0, 0.1) is 0 Å². The summed E-state index contributed by atoms with van der Waals surface area (Å²) in [5.74, 6) is 0.211. The molecule has 0 atom stereocenters. The quantitative estimate of drug-likeness (QED) is 0.167. The van der Waals surface area contributed by atoms with E-state index in [-0.39, 0.29) is 65.0 Å². The molecule has 7 heteroatoms. The van der Waals surface area contributed by atoms with Gasteiger partial charge in [0, 0.05) is 48.8 Å². The van der Waals surface area contributed by atoms with Gasteiger partial charge in [0.2, 0.25) is 11.9 Å². The molecule has 70 heavy (non-hydrogen) atoms. The van der Waals surface area contributed by atoms with Gasteiger partial charge in [-0.2, -0.15) is 15.0 Å². The van der Waals surface area contributed by atoms with E-state index in [1.165, 1.54) is 0 Å². The predicted octanol–water partition coefficient (Wildman–Crippen LogP) is 15.6. The van der Waals surface area contributed by atoms with Crippen molar-refractivity contribution in [1.82, 2.24) is 33.2 Å². The Bertz CT molecular complexity index is 4850. The summed E-state index contributed by atoms with van der Waals surface area (Å²) in [5, 5.41) is 6.02. The van der Waals surface area contributed by atoms with Crippen molar-refractivity contribution in [2.45, 2.75) is 0 Å². The number of para-hydroxylation sites is 8. The third-order valence-electron chi connectivity index (χ3n) is 13.7. The third-order valence-corrected chi connectivity index (χ3v) is 13.7. The monoisotopic (exact) mass is 901 g/mol. The van der Waals surface area contributed by atoms with Crippen molar-refractivity contribution in [3.63, 3.8) is 0 Å². The van der Waals surface area contributed by atoms with E-state index in [0.717, 1.165) is 66.1 Å². The summed E-state index contributed by atoms with van der Waals surface area (Å²) in [5.41, 5.74) is 9.16. The van der Waals surface area contributed by atoms with Gasteiger partial charge in [0.15, 0.2) is 5.82 Å². The van der Waals surface area contributed by atoms with Gasteiger partial charge in [-0.15, -0.1) is 0 Å². The van der Waals surface area contributed by atoms with E-state index < -0.39 is 12.1 Å². The molecule has 5 aromatic heterocycles. The maximum Gasteiger partial charge on any atom is 0.240 e. The first-order valence-corrected chi connectivity index (χ1v) is 23.1. The summed E-state index contributed by atoms with van der Waals surface area (Å²) in [6.45, 7) is 0. The zero-order chi connectivity index (χ0) is 52.8. The highest BCUT2D eigenvalue weighted by atomic mass is 15.3. The van der Waals surface area contributed by atoms with Crippen LogP contribution in [0.3, 0.4) is 0 Å². The topological polar surface area (TPSA) is 58.4 Å². The SMILES string of the molecule is [2H]c1c([2H])c([2H])c2c(c1[2H])c1ccccc1n2-c1nc(-c2c(-c3cccc(-n4c5ccccc5c5ccccc54)c3)cccc2-n2c3ccccc3c3ccccc32)nc(-n2c3ccccc3c3c([2H])c([2H])c([2H])c([2H])c32)n1. The summed E-state index contributed by atoms with van der Waals surface area (Å²) in [6.07, 6.45) is 0. The summed E-state index contributed by atoms with van der Waals surface area (Å²) in [6, 6.07) is 59.8. The molecule has 0 aliphatic rings. The standard InChI is InChI=1S/C63H39N7/c1-9-30-51-43(21-1)44-22-2-10-31-52(44)67(51)41-20-17-19-40(39-41)42-29-18-38-59(68-53-32-11-3-23-45(53)46-24-4-12-33-54(46)68)60(42)61-64-62(69-55-34-13-5-25-47(55)48-26-6-14-35-56(48)69)66-63(65-61)70-57-36-15-7-27-49(57)50-28-8-16-37-58(50)70/h1-39H/i5D,7D,13D,15D,25D,27D,34D,36D. The number of benzene rings is 10. The molecule has 7 nitrogen and oxygen atoms in total. The molecule has 0 N–H and O–H groups in total. The minimum absolute atomic E-state index is 0.0139. The van der Waals surface area contributed by atoms with Gasteiger partial charge in [-0.05, 0) is 77.8 Å². The van der Waals surface area contributed by atoms with Gasteiger partial charge in [-0.25, -0.2) is 0 Å². The fraction of sp³-hybridized carbons (Fsp3) is 0. The normalized spacial score (nSPS) is 13.6. The second-order valence-electron chi connectivity index (χ2n) is 17.4. The molecule has 0 aliphatic heterocycles. The van der Waals surface area contributed by atoms with Crippen LogP contribution in [0.5, 0.6) is 0 Å². The first kappa shape index (κ1) is 31.4. The van der Waals surface area contributed by atoms with Gasteiger partial charge in [-0.1, -0.05) is 170 Å². The summed E-state index contributed by atoms with van der Waals surface area (Å²) in [4.78, 5) is 16.3. The molecule has 0 bridgehead atoms. The first-order chi connectivity index (χ1) is 38.1. The molecule has 15 aromatic rings. The average molecular weight is 902 g/mol. The molecule has 10 aromatic carbocycles. The number of hydrogen-bond donors (Lipinski definition) is 0. The fourth-order valence-corrected chi connectivity index (χ4v) is 10.8. The second-order valence-corrected chi connectivity index (χ2v) is 17.4. The molecule has 0 saturated carbocycles. The lowest BCUT2D eigenvalue weighted by Crippen LogP contribution is -2.11. The van der Waals surface area contributed by atoms with Crippen LogP contribution in [0.25, 0.3) is 133 Å². The minimum Gasteiger partial charge on any atom is -0.309 e. The molecule has 326 valence electrons. The van der Waals surface area contributed by atoms with E-state index in [4.69, 9.17) is 20.4 Å². The van der Waals surface area contributed by atoms with E-state index in [2.05, 4.69) is 106 Å². The van der Waals surface area contributed by atoms with Crippen LogP contribution in [-0.4, -0.2) is 33.2 Å². The van der Waals surface area contributed by atoms with E-state index in [0.29, 0.717) is 38.1 Å². The number of rotatable bonds is 6. The van der Waals surface area contributed by atoms with Gasteiger partial charge >= 0.3 is 0 Å². The van der Waals surface area contributed by atoms with E-state index in [1.54, 1.807) is 9.13 Å². The Labute approximate surface area is 412 Å². The molecule has 0 amide bonds. The minimum atomic E-state index is -0.424. The molecule has 0 aliphatic carbocycles. The third kappa shape index (κ3) is 5.54. The van der Waals surface area contributed by atoms with Crippen LogP contribution in [0.1, 0.15) is 11.0 Å². The summed E-state index contributed by atoms with van der Waals surface area (Å²) < 4.78 is 80.9. The maximum absolute atomic E-state index is 9.50. The van der Waals surface area contributed by atoms with Crippen molar-refractivity contribution in [1.29, 1.82) is 0 Å². The first-order valence-electron chi connectivity index (χ1n) is 27.1. The Hall–Kier alpha value is -9.59. The van der Waals surface area contributed by atoms with Crippen molar-refractivity contribution in [3.8, 4) is 45.8 Å². The fourth-order valence-electron chi connectivity index (χ4n) is 10.8. The summed E-state index contributed by atoms with van der Waals surface area (Å²) >= 11 is 0. The maximum atomic E-state index is 9.50. The number of aromatic nitrogens is 7. The number of fused-ring (bicyclic) bond motifs is 12. The van der Waals surface area contributed by atoms with Gasteiger partial charge in [0.1, 0.15) is 0 Å². The van der Waals surface area contributed by atoms with Gasteiger partial charge in [0.25, 0.3) is 0 Å². The van der Waals surface area contributed by atoms with Gasteiger partial charge in [-0.3, -0.25) is 9.13 Å². The molecule has 15 rings (SSSR count). The van der Waals surface area contributed by atoms with Crippen molar-refractivity contribution in [2.24, 2.45) is 0 Å². The Morgan fingerprint density at radius 2 is 0.714 bits per heavy atom. The molecule has 0 unspecified atom stereocenters. The Morgan fingerprint density at radius 3 is 1.20 bits per heavy atom. The molecule has 0 spiro atoms. The zero-order valence-corrected chi connectivity index (χ0v) is 37.0. The Kier molecular flexibility index (Phi) is 6.71. The lowest BCUT2D eigenvalue weighted by Gasteiger charge is -2.19. The average Bonchev–Trinajstić information content (AvgIpc) is 4.31. The molecule has 0 saturated heterocycles. The van der Waals surface area contributed by atoms with Crippen molar-refractivity contribution < 1.29 is 11.0 Å². The van der Waals surface area contributed by atoms with Gasteiger partial charge in [0.05, 0.1) is 66.4 Å². The van der Waals surface area contributed by atoms with E-state index in [9.17, 15) is 5.48 Å². The van der Waals surface area contributed by atoms with Crippen LogP contribution in [-0.2, 0) is 0 Å². The molecule has 0 radical (unpaired) electrons. The Balaban J connectivity index is 1.12. The van der Waals surface area contributed by atoms with Crippen molar-refractivity contribution in [2.75, 3.05) is 0 Å². The number of hydrogen-bond acceptors (Lipinski definition) is 3. The van der Waals surface area contributed by atoms with Crippen LogP contribution in [0.2, 0.25) is 0 Å². The molecule has 5 heterocycles. The van der Waals surface area contributed by atoms with Crippen molar-refractivity contribution >= 4 is 87.2 Å². The van der Waals surface area contributed by atoms with Crippen LogP contribution in [0.4, 0.5) is 0 Å². The van der Waals surface area contributed by atoms with Crippen LogP contribution >= 0.6 is 0 Å². The highest BCUT2D eigenvalue weighted by molar-refractivity contribution is 6.13. The zero-order valence-electron chi connectivity index (χ0n) is 45.0. The molecular formula is C63H39N7. The second kappa shape index (κ2) is 15.0. The highest BCUT2D eigenvalue weighted by Crippen LogP contribution is 2.43. The predicted molar refractivity (Wildman–Crippen MR) is 288 cm³/mol. The lowest BCUT2D eigenvalue weighted by molar-refractivity contribution is 0.892. The van der Waals surface area contributed by atoms with Crippen molar-refractivity contribution in [3.05, 3.63) is 236 Å². The Morgan fingerprint density at radius 1 is 0.314 bits per heavy atom. The number of nitrogens with zero attached hydrogens (tertiary/aromatic N) is 7. The van der Waals surface area contributed by atoms with E-state index in [1.807, 2.05) is 91.0 Å². The summed E-state index contributed by atoms with van der Waals surface area (Å²) in [7, 11) is 0. The lowest BCUT2D eigenvalue weighted by atomic mass is 9.96. The largest absolute Gasteiger partial charge is 0.309 e.